The highest BCUT2D eigenvalue weighted by atomic mass is 35.5. The van der Waals surface area contributed by atoms with Crippen LogP contribution >= 0.6 is 23.2 Å². The Hall–Kier alpha value is -2.04. The van der Waals surface area contributed by atoms with E-state index >= 15 is 0 Å². The number of rotatable bonds is 6. The topological polar surface area (TPSA) is 58.2 Å². The summed E-state index contributed by atoms with van der Waals surface area (Å²) in [7, 11) is 0. The van der Waals surface area contributed by atoms with E-state index in [1.165, 1.54) is 12.1 Å². The molecule has 2 amide bonds. The van der Waals surface area contributed by atoms with Crippen LogP contribution in [0.2, 0.25) is 10.0 Å². The molecule has 1 atom stereocenters. The Morgan fingerprint density at radius 2 is 1.75 bits per heavy atom. The van der Waals surface area contributed by atoms with E-state index in [1.807, 2.05) is 37.3 Å². The second kappa shape index (κ2) is 8.71. The van der Waals surface area contributed by atoms with Gasteiger partial charge in [-0.1, -0.05) is 60.5 Å². The molecule has 6 heteroatoms. The molecule has 0 aliphatic heterocycles. The van der Waals surface area contributed by atoms with E-state index in [1.54, 1.807) is 6.07 Å². The van der Waals surface area contributed by atoms with Crippen molar-refractivity contribution >= 4 is 35.0 Å². The zero-order chi connectivity index (χ0) is 17.5. The van der Waals surface area contributed by atoms with Crippen LogP contribution in [0.3, 0.4) is 0 Å². The van der Waals surface area contributed by atoms with Crippen molar-refractivity contribution in [2.24, 2.45) is 0 Å². The zero-order valence-electron chi connectivity index (χ0n) is 13.2. The second-order valence-corrected chi connectivity index (χ2v) is 6.27. The van der Waals surface area contributed by atoms with Gasteiger partial charge in [0.2, 0.25) is 5.91 Å². The summed E-state index contributed by atoms with van der Waals surface area (Å²) in [6.45, 7) is 2.42. The molecule has 0 saturated carbocycles. The number of hydrogen-bond donors (Lipinski definition) is 2. The van der Waals surface area contributed by atoms with E-state index < -0.39 is 5.91 Å². The molecule has 0 aliphatic carbocycles. The van der Waals surface area contributed by atoms with Gasteiger partial charge in [-0.25, -0.2) is 0 Å². The zero-order valence-corrected chi connectivity index (χ0v) is 14.7. The van der Waals surface area contributed by atoms with Gasteiger partial charge in [-0.05, 0) is 29.7 Å². The Balaban J connectivity index is 1.79. The van der Waals surface area contributed by atoms with Crippen molar-refractivity contribution in [3.05, 3.63) is 69.7 Å². The van der Waals surface area contributed by atoms with Gasteiger partial charge in [-0.15, -0.1) is 0 Å². The lowest BCUT2D eigenvalue weighted by Crippen LogP contribution is -2.38. The lowest BCUT2D eigenvalue weighted by Gasteiger charge is -2.13. The fourth-order valence-electron chi connectivity index (χ4n) is 2.16. The van der Waals surface area contributed by atoms with Crippen LogP contribution < -0.4 is 10.6 Å². The first-order valence-electron chi connectivity index (χ1n) is 7.52. The Kier molecular flexibility index (Phi) is 6.64. The Labute approximate surface area is 151 Å². The second-order valence-electron chi connectivity index (χ2n) is 5.42. The van der Waals surface area contributed by atoms with Crippen LogP contribution in [-0.2, 0) is 4.79 Å². The van der Waals surface area contributed by atoms with Gasteiger partial charge in [-0.2, -0.15) is 0 Å². The largest absolute Gasteiger partial charge is 0.354 e. The molecular weight excluding hydrogens is 347 g/mol. The highest BCUT2D eigenvalue weighted by Crippen LogP contribution is 2.20. The van der Waals surface area contributed by atoms with Gasteiger partial charge in [0.1, 0.15) is 0 Å². The third kappa shape index (κ3) is 5.25. The first kappa shape index (κ1) is 18.3. The van der Waals surface area contributed by atoms with Crippen LogP contribution in [0, 0.1) is 0 Å². The van der Waals surface area contributed by atoms with Crippen molar-refractivity contribution in [3.8, 4) is 0 Å². The number of carbonyl (C=O) groups excluding carboxylic acids is 2. The molecule has 0 radical (unpaired) electrons. The average molecular weight is 365 g/mol. The number of nitrogens with one attached hydrogen (secondary N) is 2. The summed E-state index contributed by atoms with van der Waals surface area (Å²) in [5.41, 5.74) is 1.43. The Morgan fingerprint density at radius 1 is 1.04 bits per heavy atom. The fourth-order valence-corrected chi connectivity index (χ4v) is 2.65. The van der Waals surface area contributed by atoms with Crippen molar-refractivity contribution in [3.63, 3.8) is 0 Å². The Bertz CT molecular complexity index is 720. The fraction of sp³-hybridized carbons (Fsp3) is 0.222. The van der Waals surface area contributed by atoms with E-state index in [0.717, 1.165) is 5.56 Å². The molecule has 0 unspecified atom stereocenters. The molecule has 0 bridgehead atoms. The van der Waals surface area contributed by atoms with Gasteiger partial charge in [0.15, 0.2) is 0 Å². The normalized spacial score (nSPS) is 11.6. The lowest BCUT2D eigenvalue weighted by atomic mass is 10.0. The third-order valence-corrected chi connectivity index (χ3v) is 4.11. The average Bonchev–Trinajstić information content (AvgIpc) is 2.58. The van der Waals surface area contributed by atoms with E-state index in [0.29, 0.717) is 11.6 Å². The van der Waals surface area contributed by atoms with Gasteiger partial charge >= 0.3 is 0 Å². The number of benzene rings is 2. The maximum atomic E-state index is 12.0. The summed E-state index contributed by atoms with van der Waals surface area (Å²) >= 11 is 11.8. The van der Waals surface area contributed by atoms with E-state index in [9.17, 15) is 9.59 Å². The minimum atomic E-state index is -0.414. The van der Waals surface area contributed by atoms with Crippen molar-refractivity contribution in [1.82, 2.24) is 10.6 Å². The first-order chi connectivity index (χ1) is 11.5. The molecule has 0 aromatic heterocycles. The quantitative estimate of drug-likeness (QED) is 0.821. The molecule has 4 nitrogen and oxygen atoms in total. The van der Waals surface area contributed by atoms with E-state index in [2.05, 4.69) is 10.6 Å². The molecule has 0 aliphatic rings. The van der Waals surface area contributed by atoms with Gasteiger partial charge in [-0.3, -0.25) is 9.59 Å². The minimum Gasteiger partial charge on any atom is -0.354 e. The summed E-state index contributed by atoms with van der Waals surface area (Å²) in [6, 6.07) is 14.5. The van der Waals surface area contributed by atoms with Gasteiger partial charge < -0.3 is 10.6 Å². The third-order valence-electron chi connectivity index (χ3n) is 3.56. The molecular formula is C18H18Cl2N2O2. The summed E-state index contributed by atoms with van der Waals surface area (Å²) in [6.07, 6.45) is 0. The SMILES string of the molecule is C[C@H](CNC(=O)CNC(=O)c1ccc(Cl)cc1Cl)c1ccccc1. The molecule has 2 aromatic carbocycles. The smallest absolute Gasteiger partial charge is 0.253 e. The maximum Gasteiger partial charge on any atom is 0.253 e. The summed E-state index contributed by atoms with van der Waals surface area (Å²) in [5.74, 6) is -0.476. The first-order valence-corrected chi connectivity index (χ1v) is 8.28. The van der Waals surface area contributed by atoms with Crippen molar-refractivity contribution in [2.75, 3.05) is 13.1 Å². The number of halogens is 2. The highest BCUT2D eigenvalue weighted by Gasteiger charge is 2.12. The number of hydrogen-bond acceptors (Lipinski definition) is 2. The van der Waals surface area contributed by atoms with Crippen LogP contribution in [0.15, 0.2) is 48.5 Å². The van der Waals surface area contributed by atoms with Crippen LogP contribution in [0.1, 0.15) is 28.8 Å². The monoisotopic (exact) mass is 364 g/mol. The molecule has 2 aromatic rings. The molecule has 126 valence electrons. The number of carbonyl (C=O) groups is 2. The van der Waals surface area contributed by atoms with Crippen molar-refractivity contribution < 1.29 is 9.59 Å². The van der Waals surface area contributed by atoms with Crippen molar-refractivity contribution in [1.29, 1.82) is 0 Å². The predicted molar refractivity (Wildman–Crippen MR) is 96.7 cm³/mol. The van der Waals surface area contributed by atoms with Crippen LogP contribution in [0.4, 0.5) is 0 Å². The predicted octanol–water partition coefficient (Wildman–Crippen LogP) is 3.64. The number of amides is 2. The van der Waals surface area contributed by atoms with E-state index in [4.69, 9.17) is 23.2 Å². The summed E-state index contributed by atoms with van der Waals surface area (Å²) in [5, 5.41) is 6.04. The molecule has 0 heterocycles. The molecule has 0 spiro atoms. The summed E-state index contributed by atoms with van der Waals surface area (Å²) in [4.78, 5) is 23.9. The van der Waals surface area contributed by atoms with Crippen LogP contribution in [0.25, 0.3) is 0 Å². The lowest BCUT2D eigenvalue weighted by molar-refractivity contribution is -0.120. The standard InChI is InChI=1S/C18H18Cl2N2O2/c1-12(13-5-3-2-4-6-13)10-21-17(23)11-22-18(24)15-8-7-14(19)9-16(15)20/h2-9,12H,10-11H2,1H3,(H,21,23)(H,22,24)/t12-/m1/s1. The van der Waals surface area contributed by atoms with Gasteiger partial charge in [0, 0.05) is 11.6 Å². The van der Waals surface area contributed by atoms with Crippen LogP contribution in [-0.4, -0.2) is 24.9 Å². The molecule has 0 fully saturated rings. The van der Waals surface area contributed by atoms with E-state index in [-0.39, 0.29) is 29.0 Å². The van der Waals surface area contributed by atoms with Gasteiger partial charge in [0.25, 0.3) is 5.91 Å². The minimum absolute atomic E-state index is 0.112. The molecule has 2 rings (SSSR count). The van der Waals surface area contributed by atoms with Crippen LogP contribution in [0.5, 0.6) is 0 Å². The summed E-state index contributed by atoms with van der Waals surface area (Å²) < 4.78 is 0. The molecule has 2 N–H and O–H groups in total. The highest BCUT2D eigenvalue weighted by molar-refractivity contribution is 6.36. The Morgan fingerprint density at radius 3 is 2.42 bits per heavy atom. The molecule has 24 heavy (non-hydrogen) atoms. The maximum absolute atomic E-state index is 12.0. The molecule has 0 saturated heterocycles. The van der Waals surface area contributed by atoms with Crippen molar-refractivity contribution in [2.45, 2.75) is 12.8 Å². The van der Waals surface area contributed by atoms with Gasteiger partial charge in [0.05, 0.1) is 17.1 Å².